The first kappa shape index (κ1) is 13.8. The van der Waals surface area contributed by atoms with E-state index in [-0.39, 0.29) is 10.0 Å². The van der Waals surface area contributed by atoms with Crippen molar-refractivity contribution < 1.29 is 8.42 Å². The second-order valence-corrected chi connectivity index (χ2v) is 7.58. The first-order valence-electron chi connectivity index (χ1n) is 6.10. The summed E-state index contributed by atoms with van der Waals surface area (Å²) in [6.45, 7) is 1.86. The Morgan fingerprint density at radius 2 is 2.14 bits per heavy atom. The highest BCUT2D eigenvalue weighted by atomic mass is 32.2. The maximum absolute atomic E-state index is 12.2. The van der Waals surface area contributed by atoms with E-state index >= 15 is 0 Å². The van der Waals surface area contributed by atoms with Gasteiger partial charge in [0.2, 0.25) is 0 Å². The van der Waals surface area contributed by atoms with Crippen molar-refractivity contribution in [1.29, 1.82) is 0 Å². The van der Waals surface area contributed by atoms with Crippen LogP contribution in [0.15, 0.2) is 46.9 Å². The standard InChI is InChI=1S/C13H12N4O2S2/c1-9-4-5-13(20-9)21(18,19)17-12-7-11(15-16-12)10-3-2-6-14-8-10/h2-8H,1H3,(H2,15,16,17). The maximum Gasteiger partial charge on any atom is 0.272 e. The average Bonchev–Trinajstić information content (AvgIpc) is 3.09. The van der Waals surface area contributed by atoms with Gasteiger partial charge in [-0.05, 0) is 31.2 Å². The van der Waals surface area contributed by atoms with E-state index in [1.165, 1.54) is 11.3 Å². The fourth-order valence-corrected chi connectivity index (χ4v) is 4.06. The van der Waals surface area contributed by atoms with Crippen LogP contribution < -0.4 is 4.72 Å². The van der Waals surface area contributed by atoms with Gasteiger partial charge in [0.05, 0.1) is 5.69 Å². The van der Waals surface area contributed by atoms with Crippen LogP contribution in [-0.2, 0) is 10.0 Å². The van der Waals surface area contributed by atoms with Gasteiger partial charge in [-0.25, -0.2) is 8.42 Å². The summed E-state index contributed by atoms with van der Waals surface area (Å²) >= 11 is 1.22. The first-order valence-corrected chi connectivity index (χ1v) is 8.40. The molecule has 0 fully saturated rings. The molecular weight excluding hydrogens is 308 g/mol. The predicted octanol–water partition coefficient (Wildman–Crippen LogP) is 2.64. The number of aromatic nitrogens is 3. The molecule has 0 saturated carbocycles. The van der Waals surface area contributed by atoms with Crippen LogP contribution in [0.4, 0.5) is 5.82 Å². The summed E-state index contributed by atoms with van der Waals surface area (Å²) in [6.07, 6.45) is 3.34. The van der Waals surface area contributed by atoms with Gasteiger partial charge in [0.1, 0.15) is 4.21 Å². The minimum Gasteiger partial charge on any atom is -0.276 e. The SMILES string of the molecule is Cc1ccc(S(=O)(=O)Nc2cc(-c3cccnc3)[nH]n2)s1. The molecule has 3 aromatic rings. The Labute approximate surface area is 125 Å². The third-order valence-electron chi connectivity index (χ3n) is 2.77. The van der Waals surface area contributed by atoms with E-state index in [2.05, 4.69) is 19.9 Å². The van der Waals surface area contributed by atoms with Crippen LogP contribution >= 0.6 is 11.3 Å². The van der Waals surface area contributed by atoms with Crippen molar-refractivity contribution in [3.8, 4) is 11.3 Å². The Balaban J connectivity index is 1.85. The molecule has 0 radical (unpaired) electrons. The van der Waals surface area contributed by atoms with Crippen molar-refractivity contribution in [3.63, 3.8) is 0 Å². The predicted molar refractivity (Wildman–Crippen MR) is 81.7 cm³/mol. The maximum atomic E-state index is 12.2. The third-order valence-corrected chi connectivity index (χ3v) is 5.62. The van der Waals surface area contributed by atoms with Crippen LogP contribution in [-0.4, -0.2) is 23.6 Å². The lowest BCUT2D eigenvalue weighted by molar-refractivity contribution is 0.603. The number of rotatable bonds is 4. The Morgan fingerprint density at radius 3 is 2.81 bits per heavy atom. The molecule has 0 aliphatic heterocycles. The second-order valence-electron chi connectivity index (χ2n) is 4.38. The molecule has 0 amide bonds. The topological polar surface area (TPSA) is 87.7 Å². The molecule has 0 saturated heterocycles. The normalized spacial score (nSPS) is 11.5. The smallest absolute Gasteiger partial charge is 0.272 e. The largest absolute Gasteiger partial charge is 0.276 e. The monoisotopic (exact) mass is 320 g/mol. The van der Waals surface area contributed by atoms with Crippen LogP contribution in [0.3, 0.4) is 0 Å². The lowest BCUT2D eigenvalue weighted by atomic mass is 10.2. The number of pyridine rings is 1. The number of aromatic amines is 1. The van der Waals surface area contributed by atoms with E-state index < -0.39 is 10.0 Å². The Morgan fingerprint density at radius 1 is 1.29 bits per heavy atom. The van der Waals surface area contributed by atoms with Crippen LogP contribution in [0.25, 0.3) is 11.3 Å². The number of anilines is 1. The molecule has 6 nitrogen and oxygen atoms in total. The van der Waals surface area contributed by atoms with Crippen molar-refractivity contribution >= 4 is 27.2 Å². The van der Waals surface area contributed by atoms with Crippen molar-refractivity contribution in [1.82, 2.24) is 15.2 Å². The minimum absolute atomic E-state index is 0.250. The first-order chi connectivity index (χ1) is 10.0. The van der Waals surface area contributed by atoms with Gasteiger partial charge in [-0.3, -0.25) is 14.8 Å². The summed E-state index contributed by atoms with van der Waals surface area (Å²) in [7, 11) is -3.59. The van der Waals surface area contributed by atoms with Gasteiger partial charge in [0, 0.05) is 28.9 Å². The highest BCUT2D eigenvalue weighted by molar-refractivity contribution is 7.94. The van der Waals surface area contributed by atoms with Crippen LogP contribution in [0, 0.1) is 6.92 Å². The lowest BCUT2D eigenvalue weighted by Crippen LogP contribution is -2.11. The van der Waals surface area contributed by atoms with Gasteiger partial charge in [-0.15, -0.1) is 11.3 Å². The lowest BCUT2D eigenvalue weighted by Gasteiger charge is -2.01. The summed E-state index contributed by atoms with van der Waals surface area (Å²) in [5, 5.41) is 6.76. The summed E-state index contributed by atoms with van der Waals surface area (Å²) in [6, 6.07) is 8.65. The zero-order chi connectivity index (χ0) is 14.9. The van der Waals surface area contributed by atoms with E-state index in [1.54, 1.807) is 36.7 Å². The van der Waals surface area contributed by atoms with E-state index in [0.717, 1.165) is 10.4 Å². The molecule has 108 valence electrons. The number of nitrogens with zero attached hydrogens (tertiary/aromatic N) is 2. The number of H-pyrrole nitrogens is 1. The minimum atomic E-state index is -3.59. The van der Waals surface area contributed by atoms with E-state index in [0.29, 0.717) is 5.69 Å². The molecule has 21 heavy (non-hydrogen) atoms. The second kappa shape index (κ2) is 5.30. The van der Waals surface area contributed by atoms with Gasteiger partial charge in [-0.2, -0.15) is 5.10 Å². The zero-order valence-corrected chi connectivity index (χ0v) is 12.7. The molecule has 3 aromatic heterocycles. The highest BCUT2D eigenvalue weighted by Crippen LogP contribution is 2.24. The van der Waals surface area contributed by atoms with Crippen LogP contribution in [0.5, 0.6) is 0 Å². The highest BCUT2D eigenvalue weighted by Gasteiger charge is 2.17. The third kappa shape index (κ3) is 2.96. The van der Waals surface area contributed by atoms with Gasteiger partial charge in [0.15, 0.2) is 5.82 Å². The summed E-state index contributed by atoms with van der Waals surface area (Å²) in [5.41, 5.74) is 1.53. The molecule has 0 unspecified atom stereocenters. The molecule has 8 heteroatoms. The number of hydrogen-bond donors (Lipinski definition) is 2. The van der Waals surface area contributed by atoms with Gasteiger partial charge < -0.3 is 0 Å². The number of nitrogens with one attached hydrogen (secondary N) is 2. The Kier molecular flexibility index (Phi) is 3.48. The van der Waals surface area contributed by atoms with Crippen LogP contribution in [0.2, 0.25) is 0 Å². The molecular formula is C13H12N4O2S2. The summed E-state index contributed by atoms with van der Waals surface area (Å²) in [4.78, 5) is 4.95. The number of aryl methyl sites for hydroxylation is 1. The molecule has 3 rings (SSSR count). The average molecular weight is 320 g/mol. The van der Waals surface area contributed by atoms with Gasteiger partial charge >= 0.3 is 0 Å². The van der Waals surface area contributed by atoms with Crippen molar-refractivity contribution in [2.45, 2.75) is 11.1 Å². The van der Waals surface area contributed by atoms with Gasteiger partial charge in [-0.1, -0.05) is 0 Å². The fraction of sp³-hybridized carbons (Fsp3) is 0.0769. The summed E-state index contributed by atoms with van der Waals surface area (Å²) in [5.74, 6) is 0.250. The van der Waals surface area contributed by atoms with E-state index in [1.807, 2.05) is 13.0 Å². The molecule has 0 aliphatic carbocycles. The Bertz CT molecular complexity index is 853. The number of hydrogen-bond acceptors (Lipinski definition) is 5. The van der Waals surface area contributed by atoms with Crippen molar-refractivity contribution in [3.05, 3.63) is 47.6 Å². The molecule has 3 heterocycles. The van der Waals surface area contributed by atoms with Crippen LogP contribution in [0.1, 0.15) is 4.88 Å². The molecule has 0 bridgehead atoms. The number of sulfonamides is 1. The van der Waals surface area contributed by atoms with E-state index in [9.17, 15) is 8.42 Å². The molecule has 0 aromatic carbocycles. The summed E-state index contributed by atoms with van der Waals surface area (Å²) < 4.78 is 27.1. The number of thiophene rings is 1. The fourth-order valence-electron chi connectivity index (χ4n) is 1.79. The van der Waals surface area contributed by atoms with Gasteiger partial charge in [0.25, 0.3) is 10.0 Å². The van der Waals surface area contributed by atoms with Crippen molar-refractivity contribution in [2.24, 2.45) is 0 Å². The zero-order valence-electron chi connectivity index (χ0n) is 11.1. The van der Waals surface area contributed by atoms with E-state index in [4.69, 9.17) is 0 Å². The Hall–Kier alpha value is -2.19. The molecule has 0 aliphatic rings. The van der Waals surface area contributed by atoms with Crippen molar-refractivity contribution in [2.75, 3.05) is 4.72 Å². The molecule has 0 atom stereocenters. The molecule has 2 N–H and O–H groups in total. The molecule has 0 spiro atoms. The quantitative estimate of drug-likeness (QED) is 0.773.